The maximum Gasteiger partial charge on any atom is 0.202 e. The first-order chi connectivity index (χ1) is 14.9. The summed E-state index contributed by atoms with van der Waals surface area (Å²) in [5.74, 6) is -6.17. The number of rotatable bonds is 7. The number of halogens is 4. The lowest BCUT2D eigenvalue weighted by Gasteiger charge is -2.14. The van der Waals surface area contributed by atoms with Crippen LogP contribution in [0.1, 0.15) is 36.5 Å². The Morgan fingerprint density at radius 3 is 2.32 bits per heavy atom. The first-order valence-electron chi connectivity index (χ1n) is 9.67. The van der Waals surface area contributed by atoms with E-state index in [1.54, 1.807) is 24.3 Å². The van der Waals surface area contributed by atoms with Gasteiger partial charge in [0, 0.05) is 6.07 Å². The fourth-order valence-corrected chi connectivity index (χ4v) is 3.15. The van der Waals surface area contributed by atoms with Crippen LogP contribution in [0.5, 0.6) is 11.5 Å². The summed E-state index contributed by atoms with van der Waals surface area (Å²) in [6.07, 6.45) is 2.90. The highest BCUT2D eigenvalue weighted by Crippen LogP contribution is 2.36. The van der Waals surface area contributed by atoms with Gasteiger partial charge in [0.1, 0.15) is 30.1 Å². The van der Waals surface area contributed by atoms with Gasteiger partial charge in [0.15, 0.2) is 11.6 Å². The zero-order valence-corrected chi connectivity index (χ0v) is 16.7. The van der Waals surface area contributed by atoms with E-state index in [9.17, 15) is 18.3 Å². The third kappa shape index (κ3) is 4.64. The Morgan fingerprint density at radius 2 is 1.68 bits per heavy atom. The van der Waals surface area contributed by atoms with Crippen molar-refractivity contribution in [1.29, 1.82) is 5.26 Å². The maximum atomic E-state index is 15.1. The second-order valence-electron chi connectivity index (χ2n) is 6.99. The van der Waals surface area contributed by atoms with Crippen molar-refractivity contribution in [2.45, 2.75) is 32.8 Å². The summed E-state index contributed by atoms with van der Waals surface area (Å²) < 4.78 is 62.2. The van der Waals surface area contributed by atoms with Crippen molar-refractivity contribution < 1.29 is 27.4 Å². The highest BCUT2D eigenvalue weighted by Gasteiger charge is 2.21. The first-order valence-corrected chi connectivity index (χ1v) is 9.67. The van der Waals surface area contributed by atoms with Crippen molar-refractivity contribution in [3.8, 4) is 28.7 Å². The molecule has 0 saturated heterocycles. The van der Waals surface area contributed by atoms with Crippen molar-refractivity contribution >= 4 is 0 Å². The second kappa shape index (κ2) is 9.52. The molecule has 0 atom stereocenters. The molecule has 0 saturated carbocycles. The number of ether oxygens (including phenoxy) is 1. The zero-order valence-electron chi connectivity index (χ0n) is 16.7. The average Bonchev–Trinajstić information content (AvgIpc) is 2.75. The van der Waals surface area contributed by atoms with E-state index in [-0.39, 0.29) is 5.56 Å². The van der Waals surface area contributed by atoms with E-state index in [2.05, 4.69) is 6.92 Å². The standard InChI is InChI=1S/C24H19F4NO2/c1-2-3-4-14-5-7-15(8-6-14)21-19(30)11-18(25)17(23(21)27)13-31-20-10-9-16(12-29)22(26)24(20)28/h5-11,30H,2-4,13H2,1H3. The van der Waals surface area contributed by atoms with Gasteiger partial charge in [-0.2, -0.15) is 9.65 Å². The molecule has 0 aliphatic rings. The van der Waals surface area contributed by atoms with E-state index < -0.39 is 52.5 Å². The van der Waals surface area contributed by atoms with Crippen LogP contribution in [0.15, 0.2) is 42.5 Å². The number of hydrogen-bond donors (Lipinski definition) is 1. The van der Waals surface area contributed by atoms with Crippen molar-refractivity contribution in [3.63, 3.8) is 0 Å². The van der Waals surface area contributed by atoms with Gasteiger partial charge in [0.25, 0.3) is 0 Å². The zero-order chi connectivity index (χ0) is 22.5. The van der Waals surface area contributed by atoms with Crippen molar-refractivity contribution in [2.75, 3.05) is 0 Å². The predicted molar refractivity (Wildman–Crippen MR) is 107 cm³/mol. The molecule has 0 fully saturated rings. The Kier molecular flexibility index (Phi) is 6.81. The van der Waals surface area contributed by atoms with Crippen LogP contribution in [-0.4, -0.2) is 5.11 Å². The van der Waals surface area contributed by atoms with Gasteiger partial charge in [-0.1, -0.05) is 37.6 Å². The monoisotopic (exact) mass is 429 g/mol. The van der Waals surface area contributed by atoms with Gasteiger partial charge in [-0.05, 0) is 36.1 Å². The summed E-state index contributed by atoms with van der Waals surface area (Å²) in [7, 11) is 0. The summed E-state index contributed by atoms with van der Waals surface area (Å²) in [4.78, 5) is 0. The fraction of sp³-hybridized carbons (Fsp3) is 0.208. The number of aromatic hydroxyl groups is 1. The molecule has 0 aliphatic heterocycles. The number of phenols is 1. The first kappa shape index (κ1) is 22.2. The van der Waals surface area contributed by atoms with Crippen LogP contribution in [-0.2, 0) is 13.0 Å². The van der Waals surface area contributed by atoms with Crippen molar-refractivity contribution in [2.24, 2.45) is 0 Å². The number of phenolic OH excluding ortho intramolecular Hbond substituents is 1. The molecule has 3 nitrogen and oxygen atoms in total. The molecule has 0 heterocycles. The third-order valence-electron chi connectivity index (χ3n) is 4.89. The van der Waals surface area contributed by atoms with E-state index in [1.165, 1.54) is 6.07 Å². The average molecular weight is 429 g/mol. The van der Waals surface area contributed by atoms with Crippen LogP contribution in [0.25, 0.3) is 11.1 Å². The number of nitrogens with zero attached hydrogens (tertiary/aromatic N) is 1. The number of nitriles is 1. The summed E-state index contributed by atoms with van der Waals surface area (Å²) in [5, 5.41) is 18.8. The molecule has 0 bridgehead atoms. The SMILES string of the molecule is CCCCc1ccc(-c2c(O)cc(F)c(COc3ccc(C#N)c(F)c3F)c2F)cc1. The molecule has 0 aromatic heterocycles. The summed E-state index contributed by atoms with van der Waals surface area (Å²) in [6.45, 7) is 1.32. The molecule has 0 radical (unpaired) electrons. The molecule has 0 spiro atoms. The molecule has 0 aliphatic carbocycles. The maximum absolute atomic E-state index is 15.1. The normalized spacial score (nSPS) is 10.7. The second-order valence-corrected chi connectivity index (χ2v) is 6.99. The van der Waals surface area contributed by atoms with E-state index in [1.807, 2.05) is 0 Å². The smallest absolute Gasteiger partial charge is 0.202 e. The number of unbranched alkanes of at least 4 members (excludes halogenated alkanes) is 1. The lowest BCUT2D eigenvalue weighted by molar-refractivity contribution is 0.273. The summed E-state index contributed by atoms with van der Waals surface area (Å²) in [5.41, 5.74) is 0.110. The van der Waals surface area contributed by atoms with Crippen LogP contribution in [0.3, 0.4) is 0 Å². The quantitative estimate of drug-likeness (QED) is 0.442. The topological polar surface area (TPSA) is 53.2 Å². The molecular formula is C24H19F4NO2. The van der Waals surface area contributed by atoms with Crippen LogP contribution in [0.2, 0.25) is 0 Å². The molecule has 0 unspecified atom stereocenters. The van der Waals surface area contributed by atoms with Crippen molar-refractivity contribution in [3.05, 3.63) is 82.4 Å². The van der Waals surface area contributed by atoms with E-state index in [0.717, 1.165) is 43.0 Å². The molecule has 31 heavy (non-hydrogen) atoms. The van der Waals surface area contributed by atoms with Gasteiger partial charge < -0.3 is 9.84 Å². The molecule has 160 valence electrons. The van der Waals surface area contributed by atoms with Gasteiger partial charge >= 0.3 is 0 Å². The minimum absolute atomic E-state index is 0.214. The molecule has 0 amide bonds. The highest BCUT2D eigenvalue weighted by molar-refractivity contribution is 5.72. The minimum Gasteiger partial charge on any atom is -0.507 e. The molecule has 3 aromatic carbocycles. The summed E-state index contributed by atoms with van der Waals surface area (Å²) >= 11 is 0. The fourth-order valence-electron chi connectivity index (χ4n) is 3.15. The van der Waals surface area contributed by atoms with Gasteiger partial charge in [-0.3, -0.25) is 0 Å². The van der Waals surface area contributed by atoms with Crippen LogP contribution >= 0.6 is 0 Å². The Labute approximate surface area is 177 Å². The van der Waals surface area contributed by atoms with E-state index >= 15 is 4.39 Å². The van der Waals surface area contributed by atoms with Crippen LogP contribution in [0.4, 0.5) is 17.6 Å². The number of benzene rings is 3. The van der Waals surface area contributed by atoms with Crippen LogP contribution < -0.4 is 4.74 Å². The van der Waals surface area contributed by atoms with Gasteiger partial charge in [0.05, 0.1) is 16.7 Å². The van der Waals surface area contributed by atoms with Crippen LogP contribution in [0, 0.1) is 34.6 Å². The van der Waals surface area contributed by atoms with E-state index in [0.29, 0.717) is 5.56 Å². The number of hydrogen-bond acceptors (Lipinski definition) is 3. The predicted octanol–water partition coefficient (Wildman–Crippen LogP) is 6.41. The van der Waals surface area contributed by atoms with Gasteiger partial charge in [-0.15, -0.1) is 0 Å². The van der Waals surface area contributed by atoms with Gasteiger partial charge in [0.2, 0.25) is 5.82 Å². The third-order valence-corrected chi connectivity index (χ3v) is 4.89. The lowest BCUT2D eigenvalue weighted by Crippen LogP contribution is -2.06. The molecule has 3 aromatic rings. The molecular weight excluding hydrogens is 410 g/mol. The largest absolute Gasteiger partial charge is 0.507 e. The number of aryl methyl sites for hydroxylation is 1. The Hall–Kier alpha value is -3.53. The lowest BCUT2D eigenvalue weighted by atomic mass is 9.98. The Bertz CT molecular complexity index is 1140. The molecule has 3 rings (SSSR count). The highest BCUT2D eigenvalue weighted by atomic mass is 19.2. The molecule has 1 N–H and O–H groups in total. The van der Waals surface area contributed by atoms with E-state index in [4.69, 9.17) is 10.00 Å². The Morgan fingerprint density at radius 1 is 0.968 bits per heavy atom. The van der Waals surface area contributed by atoms with Crippen molar-refractivity contribution in [1.82, 2.24) is 0 Å². The van der Waals surface area contributed by atoms with Gasteiger partial charge in [-0.25, -0.2) is 13.2 Å². The molecule has 7 heteroatoms. The minimum atomic E-state index is -1.43. The Balaban J connectivity index is 1.91. The summed E-state index contributed by atoms with van der Waals surface area (Å²) in [6, 6.07) is 11.1.